The minimum atomic E-state index is 0.352. The molecular weight excluding hydrogens is 278 g/mol. The van der Waals surface area contributed by atoms with Gasteiger partial charge in [-0.1, -0.05) is 12.1 Å². The van der Waals surface area contributed by atoms with E-state index in [9.17, 15) is 0 Å². The molecule has 0 amide bonds. The van der Waals surface area contributed by atoms with E-state index < -0.39 is 0 Å². The van der Waals surface area contributed by atoms with Gasteiger partial charge in [0, 0.05) is 13.1 Å². The molecule has 0 bridgehead atoms. The first-order valence-corrected chi connectivity index (χ1v) is 7.06. The minimum absolute atomic E-state index is 0.352. The van der Waals surface area contributed by atoms with Crippen molar-refractivity contribution in [2.75, 3.05) is 0 Å². The van der Waals surface area contributed by atoms with Gasteiger partial charge in [-0.25, -0.2) is 4.98 Å². The molecule has 0 saturated heterocycles. The van der Waals surface area contributed by atoms with E-state index in [1.807, 2.05) is 29.3 Å². The molecule has 3 aromatic heterocycles. The topological polar surface area (TPSA) is 61.7 Å². The third kappa shape index (κ3) is 2.00. The Kier molecular flexibility index (Phi) is 3.25. The molecule has 20 heavy (non-hydrogen) atoms. The van der Waals surface area contributed by atoms with Gasteiger partial charge in [0.15, 0.2) is 11.4 Å². The van der Waals surface area contributed by atoms with Gasteiger partial charge >= 0.3 is 0 Å². The van der Waals surface area contributed by atoms with E-state index in [0.29, 0.717) is 12.4 Å². The predicted octanol–water partition coefficient (Wildman–Crippen LogP) is 2.42. The van der Waals surface area contributed by atoms with Crippen LogP contribution in [0, 0.1) is 6.92 Å². The molecule has 0 spiro atoms. The van der Waals surface area contributed by atoms with Crippen LogP contribution >= 0.6 is 11.6 Å². The second-order valence-electron chi connectivity index (χ2n) is 4.78. The van der Waals surface area contributed by atoms with E-state index in [0.717, 1.165) is 40.6 Å². The monoisotopic (exact) mass is 293 g/mol. The SMILES string of the molecule is CCc1nn(C)c2c1nc(CCl)n2Cc1cc(C)no1. The molecular formula is C13H16ClN5O. The van der Waals surface area contributed by atoms with Crippen LogP contribution in [0.2, 0.25) is 0 Å². The fourth-order valence-corrected chi connectivity index (χ4v) is 2.64. The lowest BCUT2D eigenvalue weighted by Gasteiger charge is -2.05. The summed E-state index contributed by atoms with van der Waals surface area (Å²) in [4.78, 5) is 4.61. The van der Waals surface area contributed by atoms with E-state index >= 15 is 0 Å². The Bertz CT molecular complexity index is 754. The molecule has 0 N–H and O–H groups in total. The lowest BCUT2D eigenvalue weighted by atomic mass is 10.3. The van der Waals surface area contributed by atoms with Crippen molar-refractivity contribution in [1.82, 2.24) is 24.5 Å². The summed E-state index contributed by atoms with van der Waals surface area (Å²) in [5.74, 6) is 1.95. The number of imidazole rings is 1. The Balaban J connectivity index is 2.14. The number of fused-ring (bicyclic) bond motifs is 1. The average molecular weight is 294 g/mol. The molecule has 7 heteroatoms. The highest BCUT2D eigenvalue weighted by atomic mass is 35.5. The standard InChI is InChI=1S/C13H16ClN5O/c1-4-10-12-13(18(3)16-10)19(11(6-14)15-12)7-9-5-8(2)17-20-9/h5H,4,6-7H2,1-3H3. The van der Waals surface area contributed by atoms with Crippen molar-refractivity contribution in [2.45, 2.75) is 32.7 Å². The lowest BCUT2D eigenvalue weighted by Crippen LogP contribution is -2.07. The molecule has 0 aliphatic carbocycles. The second kappa shape index (κ2) is 4.94. The van der Waals surface area contributed by atoms with Gasteiger partial charge < -0.3 is 9.09 Å². The summed E-state index contributed by atoms with van der Waals surface area (Å²) in [5, 5.41) is 8.41. The normalized spacial score (nSPS) is 11.6. The van der Waals surface area contributed by atoms with Crippen molar-refractivity contribution in [3.63, 3.8) is 0 Å². The molecule has 3 heterocycles. The molecule has 0 radical (unpaired) electrons. The number of alkyl halides is 1. The fraction of sp³-hybridized carbons (Fsp3) is 0.462. The van der Waals surface area contributed by atoms with Crippen molar-refractivity contribution >= 4 is 22.8 Å². The summed E-state index contributed by atoms with van der Waals surface area (Å²) in [7, 11) is 1.92. The van der Waals surface area contributed by atoms with Crippen molar-refractivity contribution in [3.05, 3.63) is 29.0 Å². The van der Waals surface area contributed by atoms with Crippen LogP contribution < -0.4 is 0 Å². The first kappa shape index (κ1) is 13.2. The number of aryl methyl sites for hydroxylation is 3. The van der Waals surface area contributed by atoms with Crippen LogP contribution in [-0.4, -0.2) is 24.5 Å². The first-order chi connectivity index (χ1) is 9.63. The lowest BCUT2D eigenvalue weighted by molar-refractivity contribution is 0.372. The molecule has 0 unspecified atom stereocenters. The third-order valence-corrected chi connectivity index (χ3v) is 3.55. The van der Waals surface area contributed by atoms with E-state index in [-0.39, 0.29) is 0 Å². The van der Waals surface area contributed by atoms with Crippen molar-refractivity contribution in [1.29, 1.82) is 0 Å². The summed E-state index contributed by atoms with van der Waals surface area (Å²) < 4.78 is 9.17. The zero-order chi connectivity index (χ0) is 14.3. The van der Waals surface area contributed by atoms with Crippen molar-refractivity contribution in [2.24, 2.45) is 7.05 Å². The van der Waals surface area contributed by atoms with E-state index in [4.69, 9.17) is 16.1 Å². The van der Waals surface area contributed by atoms with Gasteiger partial charge in [-0.15, -0.1) is 11.6 Å². The summed E-state index contributed by atoms with van der Waals surface area (Å²) >= 11 is 6.02. The van der Waals surface area contributed by atoms with Gasteiger partial charge in [0.2, 0.25) is 0 Å². The van der Waals surface area contributed by atoms with E-state index in [2.05, 4.69) is 22.2 Å². The van der Waals surface area contributed by atoms with Gasteiger partial charge in [-0.05, 0) is 13.3 Å². The molecule has 106 valence electrons. The van der Waals surface area contributed by atoms with Crippen LogP contribution in [0.4, 0.5) is 0 Å². The molecule has 3 aromatic rings. The number of hydrogen-bond donors (Lipinski definition) is 0. The minimum Gasteiger partial charge on any atom is -0.359 e. The maximum Gasteiger partial charge on any atom is 0.159 e. The Morgan fingerprint density at radius 2 is 2.20 bits per heavy atom. The Morgan fingerprint density at radius 3 is 2.80 bits per heavy atom. The number of hydrogen-bond acceptors (Lipinski definition) is 4. The quantitative estimate of drug-likeness (QED) is 0.693. The Morgan fingerprint density at radius 1 is 1.40 bits per heavy atom. The van der Waals surface area contributed by atoms with Gasteiger partial charge in [0.1, 0.15) is 11.3 Å². The van der Waals surface area contributed by atoms with Gasteiger partial charge in [-0.2, -0.15) is 5.10 Å². The summed E-state index contributed by atoms with van der Waals surface area (Å²) in [6, 6.07) is 1.92. The number of aromatic nitrogens is 5. The number of rotatable bonds is 4. The van der Waals surface area contributed by atoms with Crippen molar-refractivity contribution < 1.29 is 4.52 Å². The highest BCUT2D eigenvalue weighted by molar-refractivity contribution is 6.16. The van der Waals surface area contributed by atoms with Gasteiger partial charge in [0.25, 0.3) is 0 Å². The Hall–Kier alpha value is -1.82. The van der Waals surface area contributed by atoms with Gasteiger partial charge in [0.05, 0.1) is 23.8 Å². The summed E-state index contributed by atoms with van der Waals surface area (Å²) in [5.41, 5.74) is 3.73. The summed E-state index contributed by atoms with van der Waals surface area (Å²) in [6.45, 7) is 4.53. The van der Waals surface area contributed by atoms with E-state index in [1.165, 1.54) is 0 Å². The molecule has 0 aliphatic heterocycles. The van der Waals surface area contributed by atoms with Crippen LogP contribution in [0.3, 0.4) is 0 Å². The van der Waals surface area contributed by atoms with Crippen LogP contribution in [0.1, 0.15) is 29.9 Å². The van der Waals surface area contributed by atoms with Gasteiger partial charge in [-0.3, -0.25) is 4.68 Å². The van der Waals surface area contributed by atoms with Crippen molar-refractivity contribution in [3.8, 4) is 0 Å². The zero-order valence-corrected chi connectivity index (χ0v) is 12.5. The molecule has 0 saturated carbocycles. The molecule has 6 nitrogen and oxygen atoms in total. The molecule has 0 fully saturated rings. The van der Waals surface area contributed by atoms with Crippen LogP contribution in [-0.2, 0) is 25.9 Å². The number of halogens is 1. The van der Waals surface area contributed by atoms with Crippen LogP contribution in [0.25, 0.3) is 11.2 Å². The zero-order valence-electron chi connectivity index (χ0n) is 11.7. The second-order valence-corrected chi connectivity index (χ2v) is 5.05. The maximum atomic E-state index is 6.02. The van der Waals surface area contributed by atoms with Crippen LogP contribution in [0.5, 0.6) is 0 Å². The first-order valence-electron chi connectivity index (χ1n) is 6.53. The maximum absolute atomic E-state index is 6.02. The van der Waals surface area contributed by atoms with Crippen LogP contribution in [0.15, 0.2) is 10.6 Å². The molecule has 3 rings (SSSR count). The smallest absolute Gasteiger partial charge is 0.159 e. The highest BCUT2D eigenvalue weighted by Crippen LogP contribution is 2.22. The number of nitrogens with zero attached hydrogens (tertiary/aromatic N) is 5. The largest absolute Gasteiger partial charge is 0.359 e. The highest BCUT2D eigenvalue weighted by Gasteiger charge is 2.19. The molecule has 0 atom stereocenters. The predicted molar refractivity (Wildman–Crippen MR) is 75.8 cm³/mol. The summed E-state index contributed by atoms with van der Waals surface area (Å²) in [6.07, 6.45) is 0.845. The third-order valence-electron chi connectivity index (χ3n) is 3.32. The average Bonchev–Trinajstić information content (AvgIpc) is 3.07. The molecule has 0 aromatic carbocycles. The van der Waals surface area contributed by atoms with E-state index in [1.54, 1.807) is 0 Å². The fourth-order valence-electron chi connectivity index (χ4n) is 2.44. The Labute approximate surface area is 121 Å². The molecule has 0 aliphatic rings.